The van der Waals surface area contributed by atoms with E-state index in [-0.39, 0.29) is 0 Å². The molecule has 0 spiro atoms. The predicted octanol–water partition coefficient (Wildman–Crippen LogP) is 3.92. The average Bonchev–Trinajstić information content (AvgIpc) is 2.99. The molecule has 0 aromatic carbocycles. The first-order valence-electron chi connectivity index (χ1n) is 6.65. The number of rotatable bonds is 7. The van der Waals surface area contributed by atoms with Crippen molar-refractivity contribution in [3.05, 3.63) is 38.8 Å². The molecule has 0 saturated carbocycles. The molecule has 0 aliphatic rings. The van der Waals surface area contributed by atoms with E-state index in [0.29, 0.717) is 6.04 Å². The molecule has 19 heavy (non-hydrogen) atoms. The van der Waals surface area contributed by atoms with Crippen molar-refractivity contribution in [3.8, 4) is 0 Å². The van der Waals surface area contributed by atoms with Gasteiger partial charge in [-0.1, -0.05) is 6.92 Å². The Morgan fingerprint density at radius 3 is 2.95 bits per heavy atom. The second kappa shape index (κ2) is 7.22. The lowest BCUT2D eigenvalue weighted by Crippen LogP contribution is -2.22. The minimum absolute atomic E-state index is 0.436. The van der Waals surface area contributed by atoms with E-state index in [2.05, 4.69) is 50.8 Å². The van der Waals surface area contributed by atoms with Gasteiger partial charge in [-0.3, -0.25) is 4.68 Å². The molecule has 2 rings (SSSR count). The second-order valence-electron chi connectivity index (χ2n) is 4.66. The van der Waals surface area contributed by atoms with Gasteiger partial charge in [-0.05, 0) is 53.9 Å². The van der Waals surface area contributed by atoms with Crippen molar-refractivity contribution >= 4 is 27.3 Å². The molecule has 1 atom stereocenters. The summed E-state index contributed by atoms with van der Waals surface area (Å²) in [4.78, 5) is 1.41. The van der Waals surface area contributed by atoms with Gasteiger partial charge >= 0.3 is 0 Å². The molecule has 1 unspecified atom stereocenters. The summed E-state index contributed by atoms with van der Waals surface area (Å²) < 4.78 is 3.14. The Bertz CT molecular complexity index is 506. The summed E-state index contributed by atoms with van der Waals surface area (Å²) in [5.74, 6) is 0. The predicted molar refractivity (Wildman–Crippen MR) is 84.6 cm³/mol. The van der Waals surface area contributed by atoms with Crippen molar-refractivity contribution in [3.63, 3.8) is 0 Å². The van der Waals surface area contributed by atoms with E-state index in [4.69, 9.17) is 0 Å². The van der Waals surface area contributed by atoms with Gasteiger partial charge in [0.1, 0.15) is 0 Å². The molecule has 0 fully saturated rings. The van der Waals surface area contributed by atoms with Gasteiger partial charge in [0.25, 0.3) is 0 Å². The first-order chi connectivity index (χ1) is 9.20. The Balaban J connectivity index is 1.99. The number of aryl methyl sites for hydroxylation is 2. The van der Waals surface area contributed by atoms with Crippen molar-refractivity contribution in [2.45, 2.75) is 32.2 Å². The van der Waals surface area contributed by atoms with Crippen LogP contribution in [0.15, 0.2) is 28.2 Å². The lowest BCUT2D eigenvalue weighted by Gasteiger charge is -2.17. The van der Waals surface area contributed by atoms with E-state index < -0.39 is 0 Å². The quantitative estimate of drug-likeness (QED) is 0.827. The highest BCUT2D eigenvalue weighted by atomic mass is 79.9. The van der Waals surface area contributed by atoms with E-state index in [9.17, 15) is 0 Å². The van der Waals surface area contributed by atoms with Crippen LogP contribution in [0, 0.1) is 0 Å². The van der Waals surface area contributed by atoms with Crippen molar-refractivity contribution in [2.75, 3.05) is 6.54 Å². The zero-order valence-corrected chi connectivity index (χ0v) is 13.8. The van der Waals surface area contributed by atoms with Gasteiger partial charge in [0.2, 0.25) is 0 Å². The number of hydrogen-bond acceptors (Lipinski definition) is 3. The molecule has 2 aromatic heterocycles. The third-order valence-corrected chi connectivity index (χ3v) is 4.99. The van der Waals surface area contributed by atoms with Gasteiger partial charge in [-0.25, -0.2) is 0 Å². The summed E-state index contributed by atoms with van der Waals surface area (Å²) in [6.07, 6.45) is 5.18. The third-order valence-electron chi connectivity index (χ3n) is 3.18. The Morgan fingerprint density at radius 2 is 2.37 bits per heavy atom. The highest BCUT2D eigenvalue weighted by molar-refractivity contribution is 9.10. The van der Waals surface area contributed by atoms with Gasteiger partial charge < -0.3 is 5.32 Å². The number of nitrogens with one attached hydrogen (secondary N) is 1. The zero-order valence-electron chi connectivity index (χ0n) is 11.4. The highest BCUT2D eigenvalue weighted by Gasteiger charge is 2.13. The number of thiophene rings is 1. The van der Waals surface area contributed by atoms with Crippen LogP contribution in [0.1, 0.15) is 36.4 Å². The lowest BCUT2D eigenvalue weighted by atomic mass is 10.1. The van der Waals surface area contributed by atoms with Gasteiger partial charge in [0.15, 0.2) is 0 Å². The van der Waals surface area contributed by atoms with Crippen LogP contribution >= 0.6 is 27.3 Å². The van der Waals surface area contributed by atoms with Crippen molar-refractivity contribution in [1.29, 1.82) is 0 Å². The molecular formula is C14H20BrN3S. The summed E-state index contributed by atoms with van der Waals surface area (Å²) in [6.45, 7) is 3.26. The maximum atomic E-state index is 4.22. The minimum atomic E-state index is 0.436. The molecule has 0 radical (unpaired) electrons. The van der Waals surface area contributed by atoms with Gasteiger partial charge in [-0.15, -0.1) is 11.3 Å². The summed E-state index contributed by atoms with van der Waals surface area (Å²) in [6, 6.07) is 4.76. The van der Waals surface area contributed by atoms with E-state index in [1.165, 1.54) is 15.0 Å². The molecule has 2 heterocycles. The molecular weight excluding hydrogens is 322 g/mol. The van der Waals surface area contributed by atoms with E-state index >= 15 is 0 Å². The van der Waals surface area contributed by atoms with Crippen molar-refractivity contribution < 1.29 is 0 Å². The number of hydrogen-bond donors (Lipinski definition) is 1. The lowest BCUT2D eigenvalue weighted by molar-refractivity contribution is 0.498. The fourth-order valence-electron chi connectivity index (χ4n) is 2.11. The third kappa shape index (κ3) is 4.16. The molecule has 5 heteroatoms. The first kappa shape index (κ1) is 14.8. The Hall–Kier alpha value is -0.650. The van der Waals surface area contributed by atoms with Gasteiger partial charge in [0, 0.05) is 39.7 Å². The summed E-state index contributed by atoms with van der Waals surface area (Å²) in [7, 11) is 2.01. The topological polar surface area (TPSA) is 29.9 Å². The number of aromatic nitrogens is 2. The fourth-order valence-corrected chi connectivity index (χ4v) is 3.67. The molecule has 3 nitrogen and oxygen atoms in total. The smallest absolute Gasteiger partial charge is 0.0492 e. The highest BCUT2D eigenvalue weighted by Crippen LogP contribution is 2.28. The van der Waals surface area contributed by atoms with Crippen LogP contribution in [0.3, 0.4) is 0 Å². The SMILES string of the molecule is CCCNC(CCc1ccnn1C)c1cc(Br)cs1. The van der Waals surface area contributed by atoms with Crippen LogP contribution in [0.25, 0.3) is 0 Å². The Kier molecular flexibility index (Phi) is 5.60. The molecule has 0 aliphatic heterocycles. The Morgan fingerprint density at radius 1 is 1.53 bits per heavy atom. The normalized spacial score (nSPS) is 12.8. The summed E-state index contributed by atoms with van der Waals surface area (Å²) in [5, 5.41) is 10.0. The monoisotopic (exact) mass is 341 g/mol. The largest absolute Gasteiger partial charge is 0.309 e. The van der Waals surface area contributed by atoms with E-state index in [1.54, 1.807) is 0 Å². The van der Waals surface area contributed by atoms with Crippen molar-refractivity contribution in [1.82, 2.24) is 15.1 Å². The molecule has 1 N–H and O–H groups in total. The number of nitrogens with zero attached hydrogens (tertiary/aromatic N) is 2. The van der Waals surface area contributed by atoms with Crippen molar-refractivity contribution in [2.24, 2.45) is 7.05 Å². The van der Waals surface area contributed by atoms with E-state index in [0.717, 1.165) is 25.8 Å². The van der Waals surface area contributed by atoms with Gasteiger partial charge in [0.05, 0.1) is 0 Å². The fraction of sp³-hybridized carbons (Fsp3) is 0.500. The maximum Gasteiger partial charge on any atom is 0.0492 e. The summed E-state index contributed by atoms with van der Waals surface area (Å²) >= 11 is 5.36. The maximum absolute atomic E-state index is 4.22. The molecule has 0 bridgehead atoms. The molecule has 104 valence electrons. The van der Waals surface area contributed by atoms with Crippen LogP contribution < -0.4 is 5.32 Å². The first-order valence-corrected chi connectivity index (χ1v) is 8.32. The van der Waals surface area contributed by atoms with Crippen LogP contribution in [-0.4, -0.2) is 16.3 Å². The van der Waals surface area contributed by atoms with Crippen LogP contribution in [0.4, 0.5) is 0 Å². The van der Waals surface area contributed by atoms with E-state index in [1.807, 2.05) is 29.3 Å². The standard InChI is InChI=1S/C14H20BrN3S/c1-3-7-16-13(14-9-11(15)10-19-14)5-4-12-6-8-17-18(12)2/h6,8-10,13,16H,3-5,7H2,1-2H3. The van der Waals surface area contributed by atoms with Crippen LogP contribution in [-0.2, 0) is 13.5 Å². The Labute approximate surface area is 127 Å². The molecule has 0 amide bonds. The molecule has 0 aliphatic carbocycles. The average molecular weight is 342 g/mol. The number of halogens is 1. The molecule has 0 saturated heterocycles. The zero-order chi connectivity index (χ0) is 13.7. The second-order valence-corrected chi connectivity index (χ2v) is 6.52. The minimum Gasteiger partial charge on any atom is -0.309 e. The van der Waals surface area contributed by atoms with Gasteiger partial charge in [-0.2, -0.15) is 5.10 Å². The molecule has 2 aromatic rings. The summed E-state index contributed by atoms with van der Waals surface area (Å²) in [5.41, 5.74) is 1.29. The van der Waals surface area contributed by atoms with Crippen LogP contribution in [0.5, 0.6) is 0 Å². The van der Waals surface area contributed by atoms with Crippen LogP contribution in [0.2, 0.25) is 0 Å².